The van der Waals surface area contributed by atoms with Gasteiger partial charge in [-0.15, -0.1) is 0 Å². The van der Waals surface area contributed by atoms with Crippen LogP contribution in [0.4, 0.5) is 0 Å². The highest BCUT2D eigenvalue weighted by atomic mass is 79.9. The third-order valence-electron chi connectivity index (χ3n) is 3.47. The largest absolute Gasteiger partial charge is 0.496 e. The predicted octanol–water partition coefficient (Wildman–Crippen LogP) is 2.61. The van der Waals surface area contributed by atoms with Gasteiger partial charge >= 0.3 is 0 Å². The molecule has 2 rings (SSSR count). The van der Waals surface area contributed by atoms with Crippen LogP contribution in [0.2, 0.25) is 0 Å². The second-order valence-electron chi connectivity index (χ2n) is 4.84. The number of nitrogens with one attached hydrogen (secondary N) is 1. The van der Waals surface area contributed by atoms with Gasteiger partial charge in [-0.1, -0.05) is 0 Å². The first-order valence-corrected chi connectivity index (χ1v) is 7.43. The lowest BCUT2D eigenvalue weighted by molar-refractivity contribution is 0.406. The van der Waals surface area contributed by atoms with Crippen molar-refractivity contribution >= 4 is 15.9 Å². The van der Waals surface area contributed by atoms with E-state index in [1.807, 2.05) is 32.2 Å². The average Bonchev–Trinajstić information content (AvgIpc) is 2.48. The van der Waals surface area contributed by atoms with Crippen molar-refractivity contribution in [3.63, 3.8) is 0 Å². The summed E-state index contributed by atoms with van der Waals surface area (Å²) in [7, 11) is 1.67. The molecule has 0 aliphatic rings. The maximum atomic E-state index is 5.70. The molecule has 1 unspecified atom stereocenters. The van der Waals surface area contributed by atoms with Gasteiger partial charge in [-0.05, 0) is 41.9 Å². The van der Waals surface area contributed by atoms with Crippen LogP contribution in [0.3, 0.4) is 0 Å². The zero-order valence-corrected chi connectivity index (χ0v) is 13.9. The molecule has 0 aliphatic heterocycles. The van der Waals surface area contributed by atoms with E-state index in [1.54, 1.807) is 13.3 Å². The Hall–Kier alpha value is -1.50. The van der Waals surface area contributed by atoms with Crippen molar-refractivity contribution in [2.75, 3.05) is 7.11 Å². The number of hydrazine groups is 1. The Balaban J connectivity index is 2.34. The lowest BCUT2D eigenvalue weighted by atomic mass is 10.0. The van der Waals surface area contributed by atoms with Crippen molar-refractivity contribution in [3.05, 3.63) is 51.5 Å². The van der Waals surface area contributed by atoms with Gasteiger partial charge in [0, 0.05) is 40.1 Å². The summed E-state index contributed by atoms with van der Waals surface area (Å²) in [6.07, 6.45) is 4.21. The lowest BCUT2D eigenvalue weighted by Crippen LogP contribution is -2.31. The molecule has 112 valence electrons. The van der Waals surface area contributed by atoms with E-state index in [2.05, 4.69) is 31.3 Å². The van der Waals surface area contributed by atoms with Gasteiger partial charge in [0.25, 0.3) is 0 Å². The van der Waals surface area contributed by atoms with Gasteiger partial charge in [0.05, 0.1) is 18.8 Å². The van der Waals surface area contributed by atoms with Crippen LogP contribution in [0.5, 0.6) is 5.75 Å². The molecule has 0 aliphatic carbocycles. The summed E-state index contributed by atoms with van der Waals surface area (Å²) in [5.41, 5.74) is 6.67. The molecule has 1 atom stereocenters. The van der Waals surface area contributed by atoms with Gasteiger partial charge in [0.2, 0.25) is 0 Å². The van der Waals surface area contributed by atoms with Crippen LogP contribution >= 0.6 is 15.9 Å². The summed E-state index contributed by atoms with van der Waals surface area (Å²) in [6, 6.07) is 3.70. The van der Waals surface area contributed by atoms with Crippen LogP contribution in [0.15, 0.2) is 29.0 Å². The standard InChI is InChI=1S/C15H19BrN4O/c1-9-8-19-12(10(2)15(9)21-3)7-13(20-17)14-11(16)5-4-6-18-14/h4-6,8,13,20H,7,17H2,1-3H3. The fraction of sp³-hybridized carbons (Fsp3) is 0.333. The van der Waals surface area contributed by atoms with Crippen LogP contribution in [-0.4, -0.2) is 17.1 Å². The Morgan fingerprint density at radius 2 is 2.14 bits per heavy atom. The topological polar surface area (TPSA) is 73.1 Å². The van der Waals surface area contributed by atoms with Crippen molar-refractivity contribution in [3.8, 4) is 5.75 Å². The summed E-state index contributed by atoms with van der Waals surface area (Å²) < 4.78 is 6.37. The number of rotatable bonds is 5. The van der Waals surface area contributed by atoms with E-state index in [0.29, 0.717) is 6.42 Å². The third kappa shape index (κ3) is 3.40. The quantitative estimate of drug-likeness (QED) is 0.640. The van der Waals surface area contributed by atoms with Crippen LogP contribution < -0.4 is 16.0 Å². The van der Waals surface area contributed by atoms with Crippen LogP contribution in [-0.2, 0) is 6.42 Å². The van der Waals surface area contributed by atoms with E-state index in [1.165, 1.54) is 0 Å². The molecule has 6 heteroatoms. The van der Waals surface area contributed by atoms with Crippen molar-refractivity contribution in [1.82, 2.24) is 15.4 Å². The smallest absolute Gasteiger partial charge is 0.128 e. The Labute approximate surface area is 133 Å². The van der Waals surface area contributed by atoms with E-state index in [0.717, 1.165) is 32.7 Å². The number of ether oxygens (including phenoxy) is 1. The van der Waals surface area contributed by atoms with Crippen molar-refractivity contribution < 1.29 is 4.74 Å². The zero-order valence-electron chi connectivity index (χ0n) is 12.4. The first-order chi connectivity index (χ1) is 10.1. The second-order valence-corrected chi connectivity index (χ2v) is 5.69. The molecule has 0 bridgehead atoms. The number of aromatic nitrogens is 2. The number of nitrogens with two attached hydrogens (primary N) is 1. The molecule has 0 amide bonds. The third-order valence-corrected chi connectivity index (χ3v) is 4.14. The molecular weight excluding hydrogens is 332 g/mol. The number of hydrogen-bond acceptors (Lipinski definition) is 5. The summed E-state index contributed by atoms with van der Waals surface area (Å²) >= 11 is 3.51. The van der Waals surface area contributed by atoms with Crippen LogP contribution in [0, 0.1) is 13.8 Å². The molecule has 0 fully saturated rings. The van der Waals surface area contributed by atoms with Gasteiger partial charge in [-0.2, -0.15) is 0 Å². The Morgan fingerprint density at radius 1 is 1.38 bits per heavy atom. The highest BCUT2D eigenvalue weighted by Gasteiger charge is 2.18. The lowest BCUT2D eigenvalue weighted by Gasteiger charge is -2.19. The average molecular weight is 351 g/mol. The maximum Gasteiger partial charge on any atom is 0.128 e. The van der Waals surface area contributed by atoms with Crippen LogP contribution in [0.1, 0.15) is 28.6 Å². The highest BCUT2D eigenvalue weighted by molar-refractivity contribution is 9.10. The zero-order chi connectivity index (χ0) is 15.4. The molecule has 2 aromatic heterocycles. The van der Waals surface area contributed by atoms with Gasteiger partial charge < -0.3 is 4.74 Å². The molecular formula is C15H19BrN4O. The van der Waals surface area contributed by atoms with E-state index >= 15 is 0 Å². The first kappa shape index (κ1) is 15.9. The monoisotopic (exact) mass is 350 g/mol. The first-order valence-electron chi connectivity index (χ1n) is 6.64. The van der Waals surface area contributed by atoms with Gasteiger partial charge in [-0.3, -0.25) is 21.2 Å². The molecule has 2 aromatic rings. The Morgan fingerprint density at radius 3 is 2.76 bits per heavy atom. The minimum atomic E-state index is -0.126. The molecule has 0 saturated carbocycles. The van der Waals surface area contributed by atoms with E-state index < -0.39 is 0 Å². The highest BCUT2D eigenvalue weighted by Crippen LogP contribution is 2.28. The van der Waals surface area contributed by atoms with Crippen molar-refractivity contribution in [2.24, 2.45) is 5.84 Å². The molecule has 0 radical (unpaired) electrons. The summed E-state index contributed by atoms with van der Waals surface area (Å²) in [5, 5.41) is 0. The van der Waals surface area contributed by atoms with Gasteiger partial charge in [0.15, 0.2) is 0 Å². The normalized spacial score (nSPS) is 12.2. The molecule has 2 heterocycles. The fourth-order valence-electron chi connectivity index (χ4n) is 2.36. The molecule has 21 heavy (non-hydrogen) atoms. The number of hydrogen-bond donors (Lipinski definition) is 2. The van der Waals surface area contributed by atoms with Gasteiger partial charge in [-0.25, -0.2) is 0 Å². The maximum absolute atomic E-state index is 5.70. The number of nitrogens with zero attached hydrogens (tertiary/aromatic N) is 2. The minimum absolute atomic E-state index is 0.126. The number of halogens is 1. The van der Waals surface area contributed by atoms with Gasteiger partial charge in [0.1, 0.15) is 5.75 Å². The molecule has 0 aromatic carbocycles. The minimum Gasteiger partial charge on any atom is -0.496 e. The molecule has 5 nitrogen and oxygen atoms in total. The van der Waals surface area contributed by atoms with E-state index in [4.69, 9.17) is 10.6 Å². The summed E-state index contributed by atoms with van der Waals surface area (Å²) in [4.78, 5) is 8.90. The Bertz CT molecular complexity index is 633. The van der Waals surface area contributed by atoms with Crippen LogP contribution in [0.25, 0.3) is 0 Å². The summed E-state index contributed by atoms with van der Waals surface area (Å²) in [5.74, 6) is 6.57. The molecule has 0 spiro atoms. The Kier molecular flexibility index (Phi) is 5.27. The van der Waals surface area contributed by atoms with E-state index in [9.17, 15) is 0 Å². The SMILES string of the molecule is COc1c(C)cnc(CC(NN)c2ncccc2Br)c1C. The second kappa shape index (κ2) is 6.98. The molecule has 3 N–H and O–H groups in total. The fourth-order valence-corrected chi connectivity index (χ4v) is 2.89. The number of methoxy groups -OCH3 is 1. The predicted molar refractivity (Wildman–Crippen MR) is 86.0 cm³/mol. The van der Waals surface area contributed by atoms with Crippen molar-refractivity contribution in [2.45, 2.75) is 26.3 Å². The number of pyridine rings is 2. The van der Waals surface area contributed by atoms with E-state index in [-0.39, 0.29) is 6.04 Å². The van der Waals surface area contributed by atoms with Crippen molar-refractivity contribution in [1.29, 1.82) is 0 Å². The molecule has 0 saturated heterocycles. The number of aryl methyl sites for hydroxylation is 1. The summed E-state index contributed by atoms with van der Waals surface area (Å²) in [6.45, 7) is 3.99.